The third-order valence-corrected chi connectivity index (χ3v) is 4.24. The second-order valence-electron chi connectivity index (χ2n) is 6.27. The predicted molar refractivity (Wildman–Crippen MR) is 93.6 cm³/mol. The van der Waals surface area contributed by atoms with Gasteiger partial charge in [-0.3, -0.25) is 9.59 Å². The first-order valence-corrected chi connectivity index (χ1v) is 8.62. The number of hydrogen-bond donors (Lipinski definition) is 1. The quantitative estimate of drug-likeness (QED) is 0.867. The first kappa shape index (κ1) is 19.7. The van der Waals surface area contributed by atoms with Crippen molar-refractivity contribution in [1.29, 1.82) is 0 Å². The minimum absolute atomic E-state index is 0.121. The number of aromatic nitrogens is 1. The first-order valence-electron chi connectivity index (χ1n) is 8.62. The second-order valence-corrected chi connectivity index (χ2v) is 6.27. The summed E-state index contributed by atoms with van der Waals surface area (Å²) in [5.41, 5.74) is 1.03. The summed E-state index contributed by atoms with van der Waals surface area (Å²) in [6.07, 6.45) is -3.17. The zero-order chi connectivity index (χ0) is 20.1. The van der Waals surface area contributed by atoms with Gasteiger partial charge in [0.05, 0.1) is 18.0 Å². The third kappa shape index (κ3) is 4.99. The topological polar surface area (TPSA) is 71.5 Å². The molecule has 9 heteroatoms. The van der Waals surface area contributed by atoms with Crippen LogP contribution in [0.1, 0.15) is 28.4 Å². The van der Waals surface area contributed by atoms with Crippen molar-refractivity contribution in [2.24, 2.45) is 0 Å². The van der Waals surface area contributed by atoms with E-state index in [2.05, 4.69) is 15.0 Å². The lowest BCUT2D eigenvalue weighted by Crippen LogP contribution is -2.36. The number of carbonyl (C=O) groups excluding carboxylic acids is 2. The summed E-state index contributed by atoms with van der Waals surface area (Å²) in [6, 6.07) is 11.3. The lowest BCUT2D eigenvalue weighted by Gasteiger charge is -2.29. The van der Waals surface area contributed by atoms with E-state index in [0.29, 0.717) is 13.1 Å². The summed E-state index contributed by atoms with van der Waals surface area (Å²) in [6.45, 7) is -0.839. The van der Waals surface area contributed by atoms with Gasteiger partial charge in [0.15, 0.2) is 6.61 Å². The van der Waals surface area contributed by atoms with Gasteiger partial charge in [-0.25, -0.2) is 4.98 Å². The van der Waals surface area contributed by atoms with Crippen LogP contribution in [-0.4, -0.2) is 47.6 Å². The Labute approximate surface area is 159 Å². The van der Waals surface area contributed by atoms with Crippen LogP contribution in [0.4, 0.5) is 13.2 Å². The van der Waals surface area contributed by atoms with Gasteiger partial charge in [0, 0.05) is 25.4 Å². The maximum absolute atomic E-state index is 13.0. The Bertz CT molecular complexity index is 826. The molecule has 0 aliphatic carbocycles. The number of benzene rings is 1. The van der Waals surface area contributed by atoms with Gasteiger partial charge in [0.1, 0.15) is 0 Å². The molecule has 0 spiro atoms. The molecule has 2 amide bonds. The van der Waals surface area contributed by atoms with Crippen molar-refractivity contribution >= 4 is 11.8 Å². The van der Waals surface area contributed by atoms with Crippen molar-refractivity contribution in [2.45, 2.75) is 18.6 Å². The molecule has 28 heavy (non-hydrogen) atoms. The van der Waals surface area contributed by atoms with E-state index in [-0.39, 0.29) is 29.7 Å². The Morgan fingerprint density at radius 1 is 1.21 bits per heavy atom. The lowest BCUT2D eigenvalue weighted by molar-refractivity contribution is -0.154. The normalized spacial score (nSPS) is 17.6. The van der Waals surface area contributed by atoms with Crippen LogP contribution < -0.4 is 10.1 Å². The van der Waals surface area contributed by atoms with Crippen LogP contribution >= 0.6 is 0 Å². The fourth-order valence-electron chi connectivity index (χ4n) is 2.96. The number of carbonyl (C=O) groups is 2. The van der Waals surface area contributed by atoms with Crippen LogP contribution in [0, 0.1) is 0 Å². The van der Waals surface area contributed by atoms with Crippen LogP contribution in [0.2, 0.25) is 0 Å². The van der Waals surface area contributed by atoms with E-state index in [1.807, 2.05) is 30.3 Å². The van der Waals surface area contributed by atoms with Gasteiger partial charge in [0.25, 0.3) is 5.91 Å². The van der Waals surface area contributed by atoms with Gasteiger partial charge in [-0.2, -0.15) is 13.2 Å². The maximum atomic E-state index is 13.0. The zero-order valence-electron chi connectivity index (χ0n) is 14.8. The van der Waals surface area contributed by atoms with Crippen molar-refractivity contribution in [3.63, 3.8) is 0 Å². The number of amides is 2. The van der Waals surface area contributed by atoms with Gasteiger partial charge in [-0.1, -0.05) is 30.3 Å². The summed E-state index contributed by atoms with van der Waals surface area (Å²) in [5.74, 6) is -0.736. The smallest absolute Gasteiger partial charge is 0.422 e. The molecule has 2 heterocycles. The molecule has 1 aliphatic heterocycles. The van der Waals surface area contributed by atoms with Gasteiger partial charge in [-0.05, 0) is 11.6 Å². The number of pyridine rings is 1. The number of nitrogens with one attached hydrogen (secondary N) is 1. The van der Waals surface area contributed by atoms with Gasteiger partial charge in [-0.15, -0.1) is 0 Å². The molecule has 0 radical (unpaired) electrons. The number of rotatable bonds is 4. The molecular weight excluding hydrogens is 375 g/mol. The molecule has 1 aliphatic rings. The molecule has 1 atom stereocenters. The number of nitrogens with zero attached hydrogens (tertiary/aromatic N) is 2. The molecular formula is C19H18F3N3O3. The van der Waals surface area contributed by atoms with E-state index >= 15 is 0 Å². The highest BCUT2D eigenvalue weighted by atomic mass is 19.4. The van der Waals surface area contributed by atoms with E-state index < -0.39 is 18.8 Å². The summed E-state index contributed by atoms with van der Waals surface area (Å²) in [7, 11) is 0. The monoisotopic (exact) mass is 393 g/mol. The lowest BCUT2D eigenvalue weighted by atomic mass is 10.0. The standard InChI is InChI=1S/C19H18F3N3O3/c20-19(21,22)12-28-17-7-6-14(11-24-17)18(27)25-9-8-23-16(26)10-15(25)13-4-2-1-3-5-13/h1-7,11,15H,8-10,12H2,(H,23,26)/t15-/m1/s1. The highest BCUT2D eigenvalue weighted by Gasteiger charge is 2.31. The number of hydrogen-bond acceptors (Lipinski definition) is 4. The van der Waals surface area contributed by atoms with Gasteiger partial charge >= 0.3 is 6.18 Å². The number of alkyl halides is 3. The molecule has 1 aromatic carbocycles. The van der Waals surface area contributed by atoms with Crippen molar-refractivity contribution in [3.05, 3.63) is 59.8 Å². The van der Waals surface area contributed by atoms with E-state index in [1.54, 1.807) is 4.90 Å². The number of ether oxygens (including phenoxy) is 1. The van der Waals surface area contributed by atoms with Crippen LogP contribution in [0.3, 0.4) is 0 Å². The fraction of sp³-hybridized carbons (Fsp3) is 0.316. The Morgan fingerprint density at radius 2 is 1.96 bits per heavy atom. The average molecular weight is 393 g/mol. The Hall–Kier alpha value is -3.10. The molecule has 1 aromatic heterocycles. The molecule has 3 rings (SSSR count). The van der Waals surface area contributed by atoms with Crippen molar-refractivity contribution in [3.8, 4) is 5.88 Å². The van der Waals surface area contributed by atoms with Crippen molar-refractivity contribution in [2.75, 3.05) is 19.7 Å². The molecule has 1 fully saturated rings. The second kappa shape index (κ2) is 8.28. The van der Waals surface area contributed by atoms with Crippen LogP contribution in [0.25, 0.3) is 0 Å². The van der Waals surface area contributed by atoms with Gasteiger partial charge < -0.3 is 15.0 Å². The molecule has 0 bridgehead atoms. The summed E-state index contributed by atoms with van der Waals surface area (Å²) in [4.78, 5) is 30.3. The summed E-state index contributed by atoms with van der Waals surface area (Å²) in [5, 5.41) is 2.75. The van der Waals surface area contributed by atoms with E-state index in [0.717, 1.165) is 5.56 Å². The molecule has 148 valence electrons. The van der Waals surface area contributed by atoms with E-state index in [1.165, 1.54) is 18.3 Å². The molecule has 0 unspecified atom stereocenters. The molecule has 0 saturated carbocycles. The zero-order valence-corrected chi connectivity index (χ0v) is 14.8. The van der Waals surface area contributed by atoms with Crippen molar-refractivity contribution < 1.29 is 27.5 Å². The minimum Gasteiger partial charge on any atom is -0.468 e. The Morgan fingerprint density at radius 3 is 2.61 bits per heavy atom. The predicted octanol–water partition coefficient (Wildman–Crippen LogP) is 2.73. The van der Waals surface area contributed by atoms with Crippen LogP contribution in [-0.2, 0) is 4.79 Å². The van der Waals surface area contributed by atoms with Crippen LogP contribution in [0.15, 0.2) is 48.7 Å². The summed E-state index contributed by atoms with van der Waals surface area (Å²) >= 11 is 0. The third-order valence-electron chi connectivity index (χ3n) is 4.24. The minimum atomic E-state index is -4.47. The highest BCUT2D eigenvalue weighted by molar-refractivity contribution is 5.95. The maximum Gasteiger partial charge on any atom is 0.422 e. The molecule has 2 aromatic rings. The van der Waals surface area contributed by atoms with Crippen molar-refractivity contribution in [1.82, 2.24) is 15.2 Å². The molecule has 6 nitrogen and oxygen atoms in total. The largest absolute Gasteiger partial charge is 0.468 e. The molecule has 1 saturated heterocycles. The SMILES string of the molecule is O=C1C[C@H](c2ccccc2)N(C(=O)c2ccc(OCC(F)(F)F)nc2)CCN1. The van der Waals surface area contributed by atoms with E-state index in [4.69, 9.17) is 0 Å². The van der Waals surface area contributed by atoms with E-state index in [9.17, 15) is 22.8 Å². The Balaban J connectivity index is 1.79. The highest BCUT2D eigenvalue weighted by Crippen LogP contribution is 2.27. The van der Waals surface area contributed by atoms with Crippen LogP contribution in [0.5, 0.6) is 5.88 Å². The Kier molecular flexibility index (Phi) is 5.81. The average Bonchev–Trinajstić information content (AvgIpc) is 2.88. The number of halogens is 3. The first-order chi connectivity index (χ1) is 13.3. The molecule has 1 N–H and O–H groups in total. The fourth-order valence-corrected chi connectivity index (χ4v) is 2.96. The van der Waals surface area contributed by atoms with Gasteiger partial charge in [0.2, 0.25) is 11.8 Å². The summed E-state index contributed by atoms with van der Waals surface area (Å²) < 4.78 is 41.2.